The van der Waals surface area contributed by atoms with E-state index in [1.807, 2.05) is 6.26 Å². The van der Waals surface area contributed by atoms with Crippen LogP contribution in [-0.4, -0.2) is 22.2 Å². The minimum Gasteiger partial charge on any atom is -0.506 e. The topological polar surface area (TPSA) is 92.5 Å². The molecule has 0 heterocycles. The van der Waals surface area contributed by atoms with Crippen LogP contribution >= 0.6 is 11.8 Å². The fourth-order valence-electron chi connectivity index (χ4n) is 1.92. The summed E-state index contributed by atoms with van der Waals surface area (Å²) in [6.45, 7) is 1.80. The van der Waals surface area contributed by atoms with Gasteiger partial charge < -0.3 is 10.4 Å². The fourth-order valence-corrected chi connectivity index (χ4v) is 2.36. The van der Waals surface area contributed by atoms with E-state index >= 15 is 0 Å². The monoisotopic (exact) mass is 318 g/mol. The quantitative estimate of drug-likeness (QED) is 0.389. The Balaban J connectivity index is 2.38. The lowest BCUT2D eigenvalue weighted by atomic mass is 10.1. The molecule has 7 heteroatoms. The van der Waals surface area contributed by atoms with Crippen LogP contribution in [0.5, 0.6) is 5.75 Å². The Morgan fingerprint density at radius 1 is 1.27 bits per heavy atom. The minimum absolute atomic E-state index is 0.0446. The molecule has 2 aromatic rings. The zero-order valence-corrected chi connectivity index (χ0v) is 12.8. The molecule has 2 aromatic carbocycles. The predicted molar refractivity (Wildman–Crippen MR) is 85.7 cm³/mol. The molecule has 0 radical (unpaired) electrons. The van der Waals surface area contributed by atoms with Crippen LogP contribution in [-0.2, 0) is 0 Å². The van der Waals surface area contributed by atoms with Gasteiger partial charge in [0.25, 0.3) is 11.6 Å². The third-order valence-electron chi connectivity index (χ3n) is 3.05. The number of aromatic hydroxyl groups is 1. The van der Waals surface area contributed by atoms with Crippen molar-refractivity contribution in [3.63, 3.8) is 0 Å². The number of phenolic OH excluding ortho intramolecular Hbond substituents is 1. The summed E-state index contributed by atoms with van der Waals surface area (Å²) in [6, 6.07) is 9.12. The van der Waals surface area contributed by atoms with E-state index in [1.54, 1.807) is 25.1 Å². The summed E-state index contributed by atoms with van der Waals surface area (Å²) in [5.41, 5.74) is 0.726. The molecule has 0 bridgehead atoms. The number of phenols is 1. The third-order valence-corrected chi connectivity index (χ3v) is 3.77. The number of nitro groups is 1. The van der Waals surface area contributed by atoms with E-state index in [9.17, 15) is 20.0 Å². The van der Waals surface area contributed by atoms with Crippen molar-refractivity contribution in [2.75, 3.05) is 11.6 Å². The first-order valence-corrected chi connectivity index (χ1v) is 7.58. The number of nitro benzene ring substituents is 1. The van der Waals surface area contributed by atoms with Crippen molar-refractivity contribution in [1.29, 1.82) is 0 Å². The van der Waals surface area contributed by atoms with Gasteiger partial charge in [-0.25, -0.2) is 0 Å². The second-order valence-corrected chi connectivity index (χ2v) is 5.49. The summed E-state index contributed by atoms with van der Waals surface area (Å²) >= 11 is 1.38. The number of nitrogens with zero attached hydrogens (tertiary/aromatic N) is 1. The standard InChI is InChI=1S/C15H14N2O4S/c1-9-3-5-12(14(18)7-9)16-15(19)11-8-10(22-2)4-6-13(11)17(20)21/h3-8,18H,1-2H3,(H,16,19). The van der Waals surface area contributed by atoms with Gasteiger partial charge in [0.1, 0.15) is 11.3 Å². The molecule has 114 valence electrons. The molecule has 0 aliphatic rings. The zero-order chi connectivity index (χ0) is 16.3. The SMILES string of the molecule is CSc1ccc([N+](=O)[O-])c(C(=O)Nc2ccc(C)cc2O)c1. The first-order chi connectivity index (χ1) is 10.4. The van der Waals surface area contributed by atoms with Gasteiger partial charge in [-0.05, 0) is 43.0 Å². The molecule has 6 nitrogen and oxygen atoms in total. The number of amides is 1. The van der Waals surface area contributed by atoms with Crippen molar-refractivity contribution in [1.82, 2.24) is 0 Å². The van der Waals surface area contributed by atoms with E-state index in [4.69, 9.17) is 0 Å². The normalized spacial score (nSPS) is 10.3. The number of nitrogens with one attached hydrogen (secondary N) is 1. The Kier molecular flexibility index (Phi) is 4.67. The van der Waals surface area contributed by atoms with E-state index in [0.29, 0.717) is 0 Å². The molecule has 0 unspecified atom stereocenters. The lowest BCUT2D eigenvalue weighted by molar-refractivity contribution is -0.385. The summed E-state index contributed by atoms with van der Waals surface area (Å²) in [5.74, 6) is -0.723. The molecule has 0 aliphatic heterocycles. The Hall–Kier alpha value is -2.54. The maximum Gasteiger partial charge on any atom is 0.282 e. The van der Waals surface area contributed by atoms with E-state index < -0.39 is 10.8 Å². The number of hydrogen-bond acceptors (Lipinski definition) is 5. The predicted octanol–water partition coefficient (Wildman–Crippen LogP) is 3.58. The van der Waals surface area contributed by atoms with Crippen LogP contribution in [0.25, 0.3) is 0 Å². The van der Waals surface area contributed by atoms with Crippen LogP contribution in [0.4, 0.5) is 11.4 Å². The molecule has 0 aromatic heterocycles. The summed E-state index contributed by atoms with van der Waals surface area (Å²) in [7, 11) is 0. The van der Waals surface area contributed by atoms with Crippen LogP contribution in [0.3, 0.4) is 0 Å². The van der Waals surface area contributed by atoms with Gasteiger partial charge in [0, 0.05) is 11.0 Å². The summed E-state index contributed by atoms with van der Waals surface area (Å²) < 4.78 is 0. The lowest BCUT2D eigenvalue weighted by Gasteiger charge is -2.09. The maximum absolute atomic E-state index is 12.3. The summed E-state index contributed by atoms with van der Waals surface area (Å²) in [4.78, 5) is 23.5. The second-order valence-electron chi connectivity index (χ2n) is 4.61. The lowest BCUT2D eigenvalue weighted by Crippen LogP contribution is -2.14. The highest BCUT2D eigenvalue weighted by Crippen LogP contribution is 2.28. The van der Waals surface area contributed by atoms with Crippen molar-refractivity contribution < 1.29 is 14.8 Å². The first-order valence-electron chi connectivity index (χ1n) is 6.35. The highest BCUT2D eigenvalue weighted by Gasteiger charge is 2.21. The van der Waals surface area contributed by atoms with Crippen LogP contribution < -0.4 is 5.32 Å². The molecule has 1 amide bonds. The van der Waals surface area contributed by atoms with Crippen molar-refractivity contribution in [3.8, 4) is 5.75 Å². The largest absolute Gasteiger partial charge is 0.506 e. The number of anilines is 1. The Bertz CT molecular complexity index is 746. The second kappa shape index (κ2) is 6.48. The van der Waals surface area contributed by atoms with Crippen LogP contribution in [0.15, 0.2) is 41.3 Å². The molecule has 0 saturated carbocycles. The molecule has 0 saturated heterocycles. The number of hydrogen-bond donors (Lipinski definition) is 2. The molecular weight excluding hydrogens is 304 g/mol. The smallest absolute Gasteiger partial charge is 0.282 e. The van der Waals surface area contributed by atoms with Crippen LogP contribution in [0.1, 0.15) is 15.9 Å². The van der Waals surface area contributed by atoms with Gasteiger partial charge >= 0.3 is 0 Å². The number of benzene rings is 2. The van der Waals surface area contributed by atoms with Gasteiger partial charge in [-0.2, -0.15) is 0 Å². The molecule has 2 N–H and O–H groups in total. The summed E-state index contributed by atoms with van der Waals surface area (Å²) in [5, 5.41) is 23.4. The number of carbonyl (C=O) groups is 1. The molecule has 0 aliphatic carbocycles. The number of aryl methyl sites for hydroxylation is 1. The van der Waals surface area contributed by atoms with Crippen molar-refractivity contribution in [2.45, 2.75) is 11.8 Å². The van der Waals surface area contributed by atoms with Crippen molar-refractivity contribution in [2.24, 2.45) is 0 Å². The van der Waals surface area contributed by atoms with E-state index in [0.717, 1.165) is 10.5 Å². The van der Waals surface area contributed by atoms with Crippen molar-refractivity contribution >= 4 is 29.0 Å². The highest BCUT2D eigenvalue weighted by atomic mass is 32.2. The number of carbonyl (C=O) groups excluding carboxylic acids is 1. The van der Waals surface area contributed by atoms with Crippen LogP contribution in [0.2, 0.25) is 0 Å². The van der Waals surface area contributed by atoms with Gasteiger partial charge in [0.2, 0.25) is 0 Å². The van der Waals surface area contributed by atoms with E-state index in [-0.39, 0.29) is 22.7 Å². The van der Waals surface area contributed by atoms with Crippen molar-refractivity contribution in [3.05, 3.63) is 57.6 Å². The molecule has 0 spiro atoms. The van der Waals surface area contributed by atoms with Gasteiger partial charge in [-0.15, -0.1) is 11.8 Å². The molecule has 0 atom stereocenters. The zero-order valence-electron chi connectivity index (χ0n) is 12.0. The first kappa shape index (κ1) is 15.8. The highest BCUT2D eigenvalue weighted by molar-refractivity contribution is 7.98. The van der Waals surface area contributed by atoms with Crippen LogP contribution in [0, 0.1) is 17.0 Å². The Morgan fingerprint density at radius 2 is 2.00 bits per heavy atom. The Labute approximate surface area is 131 Å². The average molecular weight is 318 g/mol. The number of thioether (sulfide) groups is 1. The molecule has 0 fully saturated rings. The minimum atomic E-state index is -0.637. The van der Waals surface area contributed by atoms with Gasteiger partial charge in [0.15, 0.2) is 0 Å². The van der Waals surface area contributed by atoms with Gasteiger partial charge in [-0.1, -0.05) is 6.07 Å². The van der Waals surface area contributed by atoms with E-state index in [2.05, 4.69) is 5.32 Å². The molecule has 22 heavy (non-hydrogen) atoms. The van der Waals surface area contributed by atoms with E-state index in [1.165, 1.54) is 30.0 Å². The van der Waals surface area contributed by atoms with Gasteiger partial charge in [0.05, 0.1) is 10.6 Å². The maximum atomic E-state index is 12.3. The molecule has 2 rings (SSSR count). The molecular formula is C15H14N2O4S. The third kappa shape index (κ3) is 3.37. The average Bonchev–Trinajstić information content (AvgIpc) is 2.49. The summed E-state index contributed by atoms with van der Waals surface area (Å²) in [6.07, 6.45) is 1.81. The Morgan fingerprint density at radius 3 is 2.59 bits per heavy atom. The fraction of sp³-hybridized carbons (Fsp3) is 0.133. The number of rotatable bonds is 4. The van der Waals surface area contributed by atoms with Gasteiger partial charge in [-0.3, -0.25) is 14.9 Å².